The van der Waals surface area contributed by atoms with Gasteiger partial charge >= 0.3 is 0 Å². The SMILES string of the molecule is C#CC1CC(=O)C=C2CC[C@@H]3[C@H](CC[C@]4(C)[C@@H](O)CC[C@@H]34)C21. The molecule has 1 N–H and O–H groups in total. The van der Waals surface area contributed by atoms with Crippen LogP contribution >= 0.6 is 0 Å². The van der Waals surface area contributed by atoms with E-state index in [0.717, 1.165) is 19.3 Å². The van der Waals surface area contributed by atoms with Crippen LogP contribution in [0.2, 0.25) is 0 Å². The maximum Gasteiger partial charge on any atom is 0.156 e. The van der Waals surface area contributed by atoms with Crippen LogP contribution in [-0.4, -0.2) is 17.0 Å². The number of aliphatic hydroxyl groups excluding tert-OH is 1. The summed E-state index contributed by atoms with van der Waals surface area (Å²) < 4.78 is 0. The molecule has 118 valence electrons. The number of carbonyl (C=O) groups excluding carboxylic acids is 1. The van der Waals surface area contributed by atoms with Crippen LogP contribution in [0.4, 0.5) is 0 Å². The maximum atomic E-state index is 11.9. The lowest BCUT2D eigenvalue weighted by Gasteiger charge is -2.54. The average molecular weight is 298 g/mol. The minimum atomic E-state index is -0.119. The number of rotatable bonds is 0. The van der Waals surface area contributed by atoms with Crippen molar-refractivity contribution < 1.29 is 9.90 Å². The van der Waals surface area contributed by atoms with E-state index < -0.39 is 0 Å². The molecule has 0 heterocycles. The minimum Gasteiger partial charge on any atom is -0.393 e. The number of allylic oxidation sites excluding steroid dienone is 1. The number of hydrogen-bond donors (Lipinski definition) is 1. The monoisotopic (exact) mass is 298 g/mol. The maximum absolute atomic E-state index is 11.9. The fraction of sp³-hybridized carbons (Fsp3) is 0.750. The Hall–Kier alpha value is -1.07. The van der Waals surface area contributed by atoms with E-state index in [1.165, 1.54) is 24.8 Å². The first-order valence-electron chi connectivity index (χ1n) is 8.92. The number of aliphatic hydroxyl groups is 1. The molecule has 22 heavy (non-hydrogen) atoms. The summed E-state index contributed by atoms with van der Waals surface area (Å²) in [4.78, 5) is 11.9. The van der Waals surface area contributed by atoms with Gasteiger partial charge in [0.2, 0.25) is 0 Å². The molecule has 0 aliphatic heterocycles. The molecule has 7 atom stereocenters. The van der Waals surface area contributed by atoms with Gasteiger partial charge in [-0.15, -0.1) is 12.3 Å². The van der Waals surface area contributed by atoms with Crippen molar-refractivity contribution in [1.82, 2.24) is 0 Å². The molecule has 0 bridgehead atoms. The molecule has 0 spiro atoms. The minimum absolute atomic E-state index is 0.107. The normalized spacial score (nSPS) is 50.4. The summed E-state index contributed by atoms with van der Waals surface area (Å²) in [7, 11) is 0. The fourth-order valence-corrected chi connectivity index (χ4v) is 6.42. The quantitative estimate of drug-likeness (QED) is 0.696. The van der Waals surface area contributed by atoms with Gasteiger partial charge in [-0.05, 0) is 73.7 Å². The lowest BCUT2D eigenvalue weighted by Crippen LogP contribution is -2.49. The standard InChI is InChI=1S/C20H26O2/c1-3-12-10-14(21)11-13-4-5-15-16(19(12)13)8-9-20(2)17(15)6-7-18(20)22/h1,11-12,15-19,22H,4-10H2,2H3/t12?,15-,16+,17+,18+,19?,20+/m1/s1. The largest absolute Gasteiger partial charge is 0.393 e. The zero-order chi connectivity index (χ0) is 15.5. The van der Waals surface area contributed by atoms with Crippen molar-refractivity contribution in [3.63, 3.8) is 0 Å². The van der Waals surface area contributed by atoms with Crippen LogP contribution in [0.1, 0.15) is 51.9 Å². The Kier molecular flexibility index (Phi) is 3.28. The molecule has 2 heteroatoms. The van der Waals surface area contributed by atoms with Crippen molar-refractivity contribution in [2.24, 2.45) is 35.0 Å². The zero-order valence-corrected chi connectivity index (χ0v) is 13.4. The van der Waals surface area contributed by atoms with Gasteiger partial charge in [-0.1, -0.05) is 12.5 Å². The first kappa shape index (κ1) is 14.5. The van der Waals surface area contributed by atoms with Crippen molar-refractivity contribution in [3.05, 3.63) is 11.6 Å². The molecule has 3 fully saturated rings. The Morgan fingerprint density at radius 3 is 2.86 bits per heavy atom. The van der Waals surface area contributed by atoms with Gasteiger partial charge in [0, 0.05) is 12.3 Å². The third kappa shape index (κ3) is 1.88. The highest BCUT2D eigenvalue weighted by atomic mass is 16.3. The van der Waals surface area contributed by atoms with Crippen molar-refractivity contribution in [2.45, 2.75) is 58.0 Å². The number of ketones is 1. The molecule has 2 unspecified atom stereocenters. The van der Waals surface area contributed by atoms with Crippen LogP contribution in [0.5, 0.6) is 0 Å². The van der Waals surface area contributed by atoms with E-state index in [0.29, 0.717) is 30.1 Å². The lowest BCUT2D eigenvalue weighted by atomic mass is 9.51. The molecule has 0 aromatic heterocycles. The highest BCUT2D eigenvalue weighted by Crippen LogP contribution is 2.62. The predicted molar refractivity (Wildman–Crippen MR) is 85.8 cm³/mol. The summed E-state index contributed by atoms with van der Waals surface area (Å²) in [5, 5.41) is 10.5. The van der Waals surface area contributed by atoms with E-state index in [-0.39, 0.29) is 23.2 Å². The molecular weight excluding hydrogens is 272 g/mol. The first-order valence-corrected chi connectivity index (χ1v) is 8.92. The van der Waals surface area contributed by atoms with Gasteiger partial charge in [0.05, 0.1) is 6.10 Å². The van der Waals surface area contributed by atoms with Gasteiger partial charge in [-0.25, -0.2) is 0 Å². The number of carbonyl (C=O) groups is 1. The molecular formula is C20H26O2. The molecule has 4 aliphatic rings. The van der Waals surface area contributed by atoms with Gasteiger partial charge in [-0.2, -0.15) is 0 Å². The fourth-order valence-electron chi connectivity index (χ4n) is 6.42. The second-order valence-corrected chi connectivity index (χ2v) is 8.30. The third-order valence-electron chi connectivity index (χ3n) is 7.51. The van der Waals surface area contributed by atoms with E-state index >= 15 is 0 Å². The van der Waals surface area contributed by atoms with E-state index in [1.54, 1.807) is 0 Å². The molecule has 4 aliphatic carbocycles. The van der Waals surface area contributed by atoms with Gasteiger partial charge in [0.1, 0.15) is 0 Å². The zero-order valence-electron chi connectivity index (χ0n) is 13.4. The predicted octanol–water partition coefficient (Wildman–Crippen LogP) is 3.35. The van der Waals surface area contributed by atoms with E-state index in [1.807, 2.05) is 6.08 Å². The molecule has 4 rings (SSSR count). The van der Waals surface area contributed by atoms with Crippen molar-refractivity contribution in [3.8, 4) is 12.3 Å². The first-order chi connectivity index (χ1) is 10.5. The lowest BCUT2D eigenvalue weighted by molar-refractivity contribution is -0.117. The Morgan fingerprint density at radius 1 is 1.27 bits per heavy atom. The molecule has 0 saturated heterocycles. The number of terminal acetylenes is 1. The second kappa shape index (κ2) is 4.96. The van der Waals surface area contributed by atoms with Crippen LogP contribution in [0.15, 0.2) is 11.6 Å². The summed E-state index contributed by atoms with van der Waals surface area (Å²) in [5.74, 6) is 5.69. The third-order valence-corrected chi connectivity index (χ3v) is 7.51. The smallest absolute Gasteiger partial charge is 0.156 e. The van der Waals surface area contributed by atoms with Gasteiger partial charge in [-0.3, -0.25) is 4.79 Å². The van der Waals surface area contributed by atoms with Crippen molar-refractivity contribution >= 4 is 5.78 Å². The molecule has 3 saturated carbocycles. The topological polar surface area (TPSA) is 37.3 Å². The molecule has 0 aromatic carbocycles. The summed E-state index contributed by atoms with van der Waals surface area (Å²) in [6, 6.07) is 0. The van der Waals surface area contributed by atoms with Crippen LogP contribution in [0.25, 0.3) is 0 Å². The molecule has 2 nitrogen and oxygen atoms in total. The number of hydrogen-bond acceptors (Lipinski definition) is 2. The number of fused-ring (bicyclic) bond motifs is 5. The summed E-state index contributed by atoms with van der Waals surface area (Å²) in [5.41, 5.74) is 1.46. The molecule has 0 aromatic rings. The second-order valence-electron chi connectivity index (χ2n) is 8.30. The summed E-state index contributed by atoms with van der Waals surface area (Å²) in [6.07, 6.45) is 14.8. The van der Waals surface area contributed by atoms with Crippen molar-refractivity contribution in [2.75, 3.05) is 0 Å². The van der Waals surface area contributed by atoms with Crippen LogP contribution in [0, 0.1) is 47.3 Å². The molecule has 0 radical (unpaired) electrons. The van der Waals surface area contributed by atoms with Crippen molar-refractivity contribution in [1.29, 1.82) is 0 Å². The Bertz CT molecular complexity index is 569. The van der Waals surface area contributed by atoms with Gasteiger partial charge in [0.15, 0.2) is 5.78 Å². The Balaban J connectivity index is 1.68. The Morgan fingerprint density at radius 2 is 2.09 bits per heavy atom. The van der Waals surface area contributed by atoms with Crippen LogP contribution in [-0.2, 0) is 4.79 Å². The van der Waals surface area contributed by atoms with E-state index in [9.17, 15) is 9.90 Å². The highest BCUT2D eigenvalue weighted by Gasteiger charge is 2.56. The van der Waals surface area contributed by atoms with E-state index in [4.69, 9.17) is 6.42 Å². The van der Waals surface area contributed by atoms with Crippen LogP contribution < -0.4 is 0 Å². The van der Waals surface area contributed by atoms with E-state index in [2.05, 4.69) is 12.8 Å². The Labute approximate surface area is 133 Å². The summed E-state index contributed by atoms with van der Waals surface area (Å²) >= 11 is 0. The van der Waals surface area contributed by atoms with Gasteiger partial charge in [0.25, 0.3) is 0 Å². The highest BCUT2D eigenvalue weighted by molar-refractivity contribution is 5.92. The van der Waals surface area contributed by atoms with Gasteiger partial charge < -0.3 is 5.11 Å². The average Bonchev–Trinajstić information content (AvgIpc) is 2.81. The molecule has 0 amide bonds. The van der Waals surface area contributed by atoms with Crippen LogP contribution in [0.3, 0.4) is 0 Å². The summed E-state index contributed by atoms with van der Waals surface area (Å²) in [6.45, 7) is 2.31.